The van der Waals surface area contributed by atoms with Crippen LogP contribution in [0.1, 0.15) is 12.5 Å². The van der Waals surface area contributed by atoms with Gasteiger partial charge in [-0.15, -0.1) is 6.58 Å². The van der Waals surface area contributed by atoms with Crippen LogP contribution in [0.25, 0.3) is 0 Å². The minimum Gasteiger partial charge on any atom is -0.384 e. The minimum absolute atomic E-state index is 0.317. The first-order valence-corrected chi connectivity index (χ1v) is 4.72. The van der Waals surface area contributed by atoms with Crippen LogP contribution in [0.3, 0.4) is 0 Å². The van der Waals surface area contributed by atoms with Crippen LogP contribution in [0.4, 0.5) is 0 Å². The molecule has 0 aliphatic rings. The van der Waals surface area contributed by atoms with Gasteiger partial charge in [-0.25, -0.2) is 0 Å². The van der Waals surface area contributed by atoms with Gasteiger partial charge in [-0.2, -0.15) is 0 Å². The molecule has 3 N–H and O–H groups in total. The Bertz CT molecular complexity index is 292. The van der Waals surface area contributed by atoms with E-state index in [1.165, 1.54) is 6.08 Å². The van der Waals surface area contributed by atoms with E-state index in [9.17, 15) is 5.11 Å². The second kappa shape index (κ2) is 4.40. The number of aliphatic hydroxyl groups is 1. The average molecular weight is 191 g/mol. The average Bonchev–Trinajstić information content (AvgIpc) is 2.19. The Morgan fingerprint density at radius 1 is 1.50 bits per heavy atom. The quantitative estimate of drug-likeness (QED) is 0.708. The summed E-state index contributed by atoms with van der Waals surface area (Å²) in [7, 11) is 0. The molecule has 0 fully saturated rings. The second-order valence-electron chi connectivity index (χ2n) is 3.73. The Morgan fingerprint density at radius 2 is 2.07 bits per heavy atom. The summed E-state index contributed by atoms with van der Waals surface area (Å²) in [6.45, 7) is 5.24. The first kappa shape index (κ1) is 11.0. The molecule has 0 heterocycles. The van der Waals surface area contributed by atoms with E-state index in [2.05, 4.69) is 6.58 Å². The summed E-state index contributed by atoms with van der Waals surface area (Å²) >= 11 is 0. The van der Waals surface area contributed by atoms with Gasteiger partial charge in [-0.3, -0.25) is 0 Å². The molecule has 0 bridgehead atoms. The number of benzene rings is 1. The second-order valence-corrected chi connectivity index (χ2v) is 3.73. The SMILES string of the molecule is C=C[C@](C)(O)[C@@H](N)Cc1ccccc1. The summed E-state index contributed by atoms with van der Waals surface area (Å²) in [5.74, 6) is 0. The predicted octanol–water partition coefficient (Wildman–Crippen LogP) is 1.49. The van der Waals surface area contributed by atoms with E-state index in [0.717, 1.165) is 5.56 Å². The minimum atomic E-state index is -1.00. The fourth-order valence-electron chi connectivity index (χ4n) is 1.23. The topological polar surface area (TPSA) is 46.2 Å². The van der Waals surface area contributed by atoms with Crippen molar-refractivity contribution < 1.29 is 5.11 Å². The highest BCUT2D eigenvalue weighted by Crippen LogP contribution is 2.13. The predicted molar refractivity (Wildman–Crippen MR) is 58.9 cm³/mol. The molecule has 1 rings (SSSR count). The molecule has 14 heavy (non-hydrogen) atoms. The molecule has 0 aromatic heterocycles. The molecule has 0 unspecified atom stereocenters. The van der Waals surface area contributed by atoms with Gasteiger partial charge in [-0.05, 0) is 18.9 Å². The van der Waals surface area contributed by atoms with Crippen LogP contribution < -0.4 is 5.73 Å². The largest absolute Gasteiger partial charge is 0.384 e. The Morgan fingerprint density at radius 3 is 2.57 bits per heavy atom. The van der Waals surface area contributed by atoms with Gasteiger partial charge < -0.3 is 10.8 Å². The monoisotopic (exact) mass is 191 g/mol. The van der Waals surface area contributed by atoms with E-state index in [1.807, 2.05) is 30.3 Å². The third-order valence-electron chi connectivity index (χ3n) is 2.46. The number of nitrogens with two attached hydrogens (primary N) is 1. The molecule has 0 spiro atoms. The third kappa shape index (κ3) is 2.69. The van der Waals surface area contributed by atoms with Crippen molar-refractivity contribution >= 4 is 0 Å². The lowest BCUT2D eigenvalue weighted by molar-refractivity contribution is 0.0824. The zero-order valence-electron chi connectivity index (χ0n) is 8.48. The highest BCUT2D eigenvalue weighted by Gasteiger charge is 2.24. The van der Waals surface area contributed by atoms with Crippen molar-refractivity contribution in [3.05, 3.63) is 48.6 Å². The summed E-state index contributed by atoms with van der Waals surface area (Å²) in [6.07, 6.45) is 2.14. The Labute approximate surface area is 85.1 Å². The Hall–Kier alpha value is -1.12. The van der Waals surface area contributed by atoms with Crippen LogP contribution in [-0.2, 0) is 6.42 Å². The van der Waals surface area contributed by atoms with Crippen LogP contribution in [0.5, 0.6) is 0 Å². The Kier molecular flexibility index (Phi) is 3.44. The third-order valence-corrected chi connectivity index (χ3v) is 2.46. The number of hydrogen-bond acceptors (Lipinski definition) is 2. The highest BCUT2D eigenvalue weighted by atomic mass is 16.3. The lowest BCUT2D eigenvalue weighted by Gasteiger charge is -2.26. The zero-order chi connectivity index (χ0) is 10.6. The van der Waals surface area contributed by atoms with Gasteiger partial charge in [0, 0.05) is 6.04 Å². The lowest BCUT2D eigenvalue weighted by atomic mass is 9.92. The summed E-state index contributed by atoms with van der Waals surface area (Å²) < 4.78 is 0. The van der Waals surface area contributed by atoms with Crippen LogP contribution in [-0.4, -0.2) is 16.7 Å². The van der Waals surface area contributed by atoms with Crippen LogP contribution in [0.2, 0.25) is 0 Å². The summed E-state index contributed by atoms with van der Waals surface area (Å²) in [5.41, 5.74) is 6.00. The van der Waals surface area contributed by atoms with Gasteiger partial charge in [-0.1, -0.05) is 36.4 Å². The highest BCUT2D eigenvalue weighted by molar-refractivity contribution is 5.17. The maximum atomic E-state index is 9.81. The van der Waals surface area contributed by atoms with Crippen LogP contribution >= 0.6 is 0 Å². The number of hydrogen-bond donors (Lipinski definition) is 2. The molecule has 1 aromatic rings. The van der Waals surface area contributed by atoms with Crippen LogP contribution in [0, 0.1) is 0 Å². The molecule has 0 saturated carbocycles. The van der Waals surface area contributed by atoms with E-state index in [1.54, 1.807) is 6.92 Å². The van der Waals surface area contributed by atoms with Gasteiger partial charge in [0.1, 0.15) is 0 Å². The molecule has 0 saturated heterocycles. The molecular formula is C12H17NO. The van der Waals surface area contributed by atoms with Gasteiger partial charge in [0.25, 0.3) is 0 Å². The van der Waals surface area contributed by atoms with E-state index in [4.69, 9.17) is 5.73 Å². The molecule has 2 atom stereocenters. The van der Waals surface area contributed by atoms with Crippen molar-refractivity contribution in [3.63, 3.8) is 0 Å². The maximum absolute atomic E-state index is 9.81. The van der Waals surface area contributed by atoms with E-state index < -0.39 is 5.60 Å². The van der Waals surface area contributed by atoms with Gasteiger partial charge in [0.05, 0.1) is 5.60 Å². The van der Waals surface area contributed by atoms with Gasteiger partial charge in [0.2, 0.25) is 0 Å². The molecule has 0 aliphatic heterocycles. The molecule has 0 radical (unpaired) electrons. The first-order chi connectivity index (χ1) is 6.56. The maximum Gasteiger partial charge on any atom is 0.0950 e. The van der Waals surface area contributed by atoms with Gasteiger partial charge in [0.15, 0.2) is 0 Å². The van der Waals surface area contributed by atoms with Crippen molar-refractivity contribution in [3.8, 4) is 0 Å². The molecular weight excluding hydrogens is 174 g/mol. The zero-order valence-corrected chi connectivity index (χ0v) is 8.48. The molecule has 0 aliphatic carbocycles. The molecule has 2 nitrogen and oxygen atoms in total. The first-order valence-electron chi connectivity index (χ1n) is 4.72. The summed E-state index contributed by atoms with van der Waals surface area (Å²) in [5, 5.41) is 9.81. The fraction of sp³-hybridized carbons (Fsp3) is 0.333. The van der Waals surface area contributed by atoms with Gasteiger partial charge >= 0.3 is 0 Å². The standard InChI is InChI=1S/C12H17NO/c1-3-12(2,14)11(13)9-10-7-5-4-6-8-10/h3-8,11,14H,1,9,13H2,2H3/t11-,12-/m0/s1. The fourth-order valence-corrected chi connectivity index (χ4v) is 1.23. The molecule has 1 aromatic carbocycles. The van der Waals surface area contributed by atoms with E-state index in [-0.39, 0.29) is 6.04 Å². The van der Waals surface area contributed by atoms with Crippen molar-refractivity contribution in [2.24, 2.45) is 5.73 Å². The van der Waals surface area contributed by atoms with Crippen molar-refractivity contribution in [1.82, 2.24) is 0 Å². The smallest absolute Gasteiger partial charge is 0.0950 e. The summed E-state index contributed by atoms with van der Waals surface area (Å²) in [6, 6.07) is 9.57. The Balaban J connectivity index is 2.66. The van der Waals surface area contributed by atoms with Crippen molar-refractivity contribution in [2.45, 2.75) is 25.0 Å². The molecule has 0 amide bonds. The number of rotatable bonds is 4. The lowest BCUT2D eigenvalue weighted by Crippen LogP contribution is -2.45. The molecule has 76 valence electrons. The normalized spacial score (nSPS) is 17.1. The van der Waals surface area contributed by atoms with Crippen molar-refractivity contribution in [1.29, 1.82) is 0 Å². The van der Waals surface area contributed by atoms with Crippen LogP contribution in [0.15, 0.2) is 43.0 Å². The molecule has 2 heteroatoms. The summed E-state index contributed by atoms with van der Waals surface area (Å²) in [4.78, 5) is 0. The van der Waals surface area contributed by atoms with E-state index >= 15 is 0 Å². The van der Waals surface area contributed by atoms with Crippen molar-refractivity contribution in [2.75, 3.05) is 0 Å². The van der Waals surface area contributed by atoms with E-state index in [0.29, 0.717) is 6.42 Å².